The zero-order valence-electron chi connectivity index (χ0n) is 19.3. The maximum absolute atomic E-state index is 14.5. The lowest BCUT2D eigenvalue weighted by Gasteiger charge is -2.22. The molecule has 0 amide bonds. The van der Waals surface area contributed by atoms with E-state index < -0.39 is 33.1 Å². The second-order valence-corrected chi connectivity index (χ2v) is 10.1. The summed E-state index contributed by atoms with van der Waals surface area (Å²) in [6.45, 7) is 2.99. The van der Waals surface area contributed by atoms with E-state index in [1.54, 1.807) is 60.0 Å². The van der Waals surface area contributed by atoms with E-state index in [-0.39, 0.29) is 12.4 Å². The lowest BCUT2D eigenvalue weighted by atomic mass is 10.1. The first kappa shape index (κ1) is 24.5. The molecule has 4 rings (SSSR count). The van der Waals surface area contributed by atoms with E-state index in [2.05, 4.69) is 0 Å². The Morgan fingerprint density at radius 3 is 2.17 bits per heavy atom. The van der Waals surface area contributed by atoms with Gasteiger partial charge in [-0.1, -0.05) is 42.5 Å². The second kappa shape index (κ2) is 9.93. The Bertz CT molecular complexity index is 1460. The number of sulfonamides is 1. The molecule has 0 bridgehead atoms. The van der Waals surface area contributed by atoms with Crippen LogP contribution in [-0.4, -0.2) is 29.6 Å². The molecular weight excluding hydrogens is 470 g/mol. The van der Waals surface area contributed by atoms with Crippen molar-refractivity contribution in [1.29, 1.82) is 0 Å². The number of rotatable bonds is 8. The van der Waals surface area contributed by atoms with Gasteiger partial charge in [-0.05, 0) is 61.9 Å². The Kier molecular flexibility index (Phi) is 6.95. The third-order valence-electron chi connectivity index (χ3n) is 5.79. The topological polar surface area (TPSA) is 59.4 Å². The number of benzene rings is 3. The minimum atomic E-state index is -4.32. The van der Waals surface area contributed by atoms with Crippen LogP contribution in [0.3, 0.4) is 0 Å². The van der Waals surface area contributed by atoms with Gasteiger partial charge in [-0.3, -0.25) is 4.79 Å². The molecule has 0 unspecified atom stereocenters. The van der Waals surface area contributed by atoms with Gasteiger partial charge in [-0.25, -0.2) is 17.2 Å². The van der Waals surface area contributed by atoms with Gasteiger partial charge in [0.2, 0.25) is 10.0 Å². The van der Waals surface area contributed by atoms with Crippen molar-refractivity contribution in [2.45, 2.75) is 25.3 Å². The molecule has 3 aromatic carbocycles. The Hall–Kier alpha value is -3.62. The predicted octanol–water partition coefficient (Wildman–Crippen LogP) is 5.45. The molecule has 0 saturated carbocycles. The van der Waals surface area contributed by atoms with E-state index in [1.807, 2.05) is 6.92 Å². The van der Waals surface area contributed by atoms with Gasteiger partial charge in [0.25, 0.3) is 0 Å². The van der Waals surface area contributed by atoms with Crippen molar-refractivity contribution in [2.75, 3.05) is 6.54 Å². The molecule has 5 nitrogen and oxygen atoms in total. The number of aryl methyl sites for hydroxylation is 1. The number of Topliss-reactive ketones (excluding diaryl/α,β-unsaturated/α-hetero) is 1. The molecule has 0 fully saturated rings. The number of hydrogen-bond donors (Lipinski definition) is 0. The highest BCUT2D eigenvalue weighted by atomic mass is 32.2. The smallest absolute Gasteiger partial charge is 0.246 e. The largest absolute Gasteiger partial charge is 0.318 e. The first-order valence-electron chi connectivity index (χ1n) is 10.9. The van der Waals surface area contributed by atoms with Crippen LogP contribution in [0, 0.1) is 25.5 Å². The molecule has 0 atom stereocenters. The SMILES string of the molecule is Cc1cc(C(=O)CN(Cc2ccccc2)S(=O)(=O)c2ccccc2F)c(C)n1-c1ccc(F)cc1. The van der Waals surface area contributed by atoms with E-state index in [4.69, 9.17) is 0 Å². The van der Waals surface area contributed by atoms with Gasteiger partial charge in [-0.15, -0.1) is 0 Å². The predicted molar refractivity (Wildman–Crippen MR) is 130 cm³/mol. The summed E-state index contributed by atoms with van der Waals surface area (Å²) in [5.74, 6) is -1.68. The Labute approximate surface area is 203 Å². The molecule has 180 valence electrons. The molecule has 8 heteroatoms. The molecule has 4 aromatic rings. The molecule has 0 aliphatic heterocycles. The zero-order valence-corrected chi connectivity index (χ0v) is 20.1. The fourth-order valence-corrected chi connectivity index (χ4v) is 5.53. The summed E-state index contributed by atoms with van der Waals surface area (Å²) in [4.78, 5) is 12.9. The van der Waals surface area contributed by atoms with Gasteiger partial charge in [0, 0.05) is 29.2 Å². The summed E-state index contributed by atoms with van der Waals surface area (Å²) in [7, 11) is -4.32. The van der Waals surface area contributed by atoms with Crippen molar-refractivity contribution in [3.63, 3.8) is 0 Å². The second-order valence-electron chi connectivity index (χ2n) is 8.21. The molecule has 0 spiro atoms. The van der Waals surface area contributed by atoms with Crippen LogP contribution in [0.1, 0.15) is 27.3 Å². The highest BCUT2D eigenvalue weighted by Crippen LogP contribution is 2.25. The molecule has 0 aliphatic rings. The minimum Gasteiger partial charge on any atom is -0.318 e. The van der Waals surface area contributed by atoms with Crippen molar-refractivity contribution >= 4 is 15.8 Å². The summed E-state index contributed by atoms with van der Waals surface area (Å²) >= 11 is 0. The highest BCUT2D eigenvalue weighted by molar-refractivity contribution is 7.89. The lowest BCUT2D eigenvalue weighted by Crippen LogP contribution is -2.36. The fraction of sp³-hybridized carbons (Fsp3) is 0.148. The van der Waals surface area contributed by atoms with E-state index in [0.717, 1.165) is 16.1 Å². The Morgan fingerprint density at radius 2 is 1.51 bits per heavy atom. The quantitative estimate of drug-likeness (QED) is 0.306. The number of hydrogen-bond acceptors (Lipinski definition) is 3. The lowest BCUT2D eigenvalue weighted by molar-refractivity contribution is 0.0964. The maximum Gasteiger partial charge on any atom is 0.246 e. The fourth-order valence-electron chi connectivity index (χ4n) is 4.08. The molecule has 0 aliphatic carbocycles. The number of aromatic nitrogens is 1. The average Bonchev–Trinajstić information content (AvgIpc) is 3.14. The normalized spacial score (nSPS) is 11.7. The van der Waals surface area contributed by atoms with Crippen LogP contribution < -0.4 is 0 Å². The number of carbonyl (C=O) groups is 1. The summed E-state index contributed by atoms with van der Waals surface area (Å²) in [5.41, 5.74) is 3.03. The standard InChI is InChI=1S/C27H24F2N2O3S/c1-19-16-24(20(2)31(19)23-14-12-22(28)13-15-23)26(32)18-30(17-21-8-4-3-5-9-21)35(33,34)27-11-7-6-10-25(27)29/h3-16H,17-18H2,1-2H3. The number of nitrogens with zero attached hydrogens (tertiary/aromatic N) is 2. The third-order valence-corrected chi connectivity index (χ3v) is 7.62. The summed E-state index contributed by atoms with van der Waals surface area (Å²) < 4.78 is 57.5. The Morgan fingerprint density at radius 1 is 0.886 bits per heavy atom. The summed E-state index contributed by atoms with van der Waals surface area (Å²) in [6.07, 6.45) is 0. The van der Waals surface area contributed by atoms with Gasteiger partial charge in [-0.2, -0.15) is 4.31 Å². The monoisotopic (exact) mass is 494 g/mol. The average molecular weight is 495 g/mol. The summed E-state index contributed by atoms with van der Waals surface area (Å²) in [5, 5.41) is 0. The van der Waals surface area contributed by atoms with Crippen molar-refractivity contribution in [1.82, 2.24) is 8.87 Å². The number of carbonyl (C=O) groups excluding carboxylic acids is 1. The van der Waals surface area contributed by atoms with Crippen LogP contribution in [-0.2, 0) is 16.6 Å². The Balaban J connectivity index is 1.71. The summed E-state index contributed by atoms with van der Waals surface area (Å²) in [6, 6.07) is 21.5. The molecule has 1 heterocycles. The highest BCUT2D eigenvalue weighted by Gasteiger charge is 2.30. The van der Waals surface area contributed by atoms with Crippen LogP contribution in [0.5, 0.6) is 0 Å². The molecule has 0 radical (unpaired) electrons. The molecule has 35 heavy (non-hydrogen) atoms. The molecule has 0 N–H and O–H groups in total. The van der Waals surface area contributed by atoms with E-state index in [1.165, 1.54) is 30.3 Å². The zero-order chi connectivity index (χ0) is 25.2. The maximum atomic E-state index is 14.5. The van der Waals surface area contributed by atoms with Gasteiger partial charge >= 0.3 is 0 Å². The van der Waals surface area contributed by atoms with Crippen molar-refractivity contribution in [2.24, 2.45) is 0 Å². The van der Waals surface area contributed by atoms with Crippen molar-refractivity contribution in [3.05, 3.63) is 119 Å². The first-order chi connectivity index (χ1) is 16.7. The number of halogens is 2. The minimum absolute atomic E-state index is 0.0973. The van der Waals surface area contributed by atoms with Crippen LogP contribution >= 0.6 is 0 Å². The van der Waals surface area contributed by atoms with Crippen LogP contribution in [0.15, 0.2) is 89.8 Å². The van der Waals surface area contributed by atoms with E-state index in [9.17, 15) is 22.0 Å². The van der Waals surface area contributed by atoms with E-state index in [0.29, 0.717) is 22.5 Å². The van der Waals surface area contributed by atoms with Crippen molar-refractivity contribution < 1.29 is 22.0 Å². The van der Waals surface area contributed by atoms with Gasteiger partial charge in [0.05, 0.1) is 6.54 Å². The van der Waals surface area contributed by atoms with Gasteiger partial charge in [0.15, 0.2) is 5.78 Å². The van der Waals surface area contributed by atoms with E-state index >= 15 is 0 Å². The number of ketones is 1. The first-order valence-corrected chi connectivity index (χ1v) is 12.4. The van der Waals surface area contributed by atoms with Gasteiger partial charge < -0.3 is 4.57 Å². The third kappa shape index (κ3) is 5.08. The van der Waals surface area contributed by atoms with Crippen LogP contribution in [0.25, 0.3) is 5.69 Å². The molecule has 1 aromatic heterocycles. The molecular formula is C27H24F2N2O3S. The van der Waals surface area contributed by atoms with Gasteiger partial charge in [0.1, 0.15) is 16.5 Å². The van der Waals surface area contributed by atoms with Crippen LogP contribution in [0.4, 0.5) is 8.78 Å². The molecule has 0 saturated heterocycles. The van der Waals surface area contributed by atoms with Crippen molar-refractivity contribution in [3.8, 4) is 5.69 Å². The van der Waals surface area contributed by atoms with Crippen LogP contribution in [0.2, 0.25) is 0 Å².